The molecule has 202 valence electrons. The molecule has 1 unspecified atom stereocenters. The summed E-state index contributed by atoms with van der Waals surface area (Å²) in [6.45, 7) is 4.98. The second-order valence-corrected chi connectivity index (χ2v) is 12.2. The summed E-state index contributed by atoms with van der Waals surface area (Å²) in [5.41, 5.74) is 1.75. The van der Waals surface area contributed by atoms with Crippen LogP contribution in [0, 0.1) is 12.3 Å². The number of nitrogens with one attached hydrogen (secondary N) is 2. The van der Waals surface area contributed by atoms with Gasteiger partial charge in [-0.05, 0) is 64.2 Å². The van der Waals surface area contributed by atoms with E-state index >= 15 is 0 Å². The topological polar surface area (TPSA) is 135 Å². The Bertz CT molecular complexity index is 1720. The molecule has 4 aromatic rings. The Labute approximate surface area is 226 Å². The number of likely N-dealkylation sites (tertiary alicyclic amines) is 1. The van der Waals surface area contributed by atoms with E-state index in [0.29, 0.717) is 11.4 Å². The zero-order valence-corrected chi connectivity index (χ0v) is 22.7. The van der Waals surface area contributed by atoms with Gasteiger partial charge in [0.1, 0.15) is 11.3 Å². The Balaban J connectivity index is 1.46. The summed E-state index contributed by atoms with van der Waals surface area (Å²) in [6.07, 6.45) is 9.28. The van der Waals surface area contributed by atoms with Crippen LogP contribution in [0.5, 0.6) is 0 Å². The number of terminal acetylenes is 1. The molecule has 0 radical (unpaired) electrons. The summed E-state index contributed by atoms with van der Waals surface area (Å²) in [7, 11) is -1.65. The predicted molar refractivity (Wildman–Crippen MR) is 149 cm³/mol. The van der Waals surface area contributed by atoms with Crippen LogP contribution in [-0.2, 0) is 16.4 Å². The van der Waals surface area contributed by atoms with Crippen molar-refractivity contribution in [1.82, 2.24) is 24.4 Å². The number of fused-ring (bicyclic) bond motifs is 1. The SMILES string of the molecule is C#Cc1cc2cnc(Nc3ccc(NC4CCN(C)C4)cc3)nc2n(Cc2ncoc2S(=O)(=O)C(C)C)c1=O. The predicted octanol–water partition coefficient (Wildman–Crippen LogP) is 2.85. The monoisotopic (exact) mass is 547 g/mol. The van der Waals surface area contributed by atoms with Gasteiger partial charge < -0.3 is 20.0 Å². The molecule has 4 heterocycles. The molecule has 1 aliphatic rings. The second-order valence-electron chi connectivity index (χ2n) is 9.84. The van der Waals surface area contributed by atoms with Gasteiger partial charge in [0.2, 0.25) is 20.9 Å². The van der Waals surface area contributed by atoms with Gasteiger partial charge >= 0.3 is 0 Å². The van der Waals surface area contributed by atoms with Crippen LogP contribution in [0.1, 0.15) is 31.5 Å². The van der Waals surface area contributed by atoms with Crippen molar-refractivity contribution in [2.45, 2.75) is 43.2 Å². The van der Waals surface area contributed by atoms with Crippen LogP contribution in [-0.4, -0.2) is 64.3 Å². The minimum Gasteiger partial charge on any atom is -0.432 e. The average Bonchev–Trinajstić information content (AvgIpc) is 3.55. The second kappa shape index (κ2) is 10.5. The first-order chi connectivity index (χ1) is 18.7. The van der Waals surface area contributed by atoms with Crippen LogP contribution < -0.4 is 16.2 Å². The molecule has 5 rings (SSSR count). The molecule has 3 aromatic heterocycles. The highest BCUT2D eigenvalue weighted by atomic mass is 32.2. The van der Waals surface area contributed by atoms with Gasteiger partial charge in [0.25, 0.3) is 5.56 Å². The van der Waals surface area contributed by atoms with E-state index in [2.05, 4.69) is 43.5 Å². The van der Waals surface area contributed by atoms with Crippen LogP contribution in [0.25, 0.3) is 11.0 Å². The number of hydrogen-bond acceptors (Lipinski definition) is 10. The first kappa shape index (κ1) is 26.4. The van der Waals surface area contributed by atoms with Crippen LogP contribution in [0.4, 0.5) is 17.3 Å². The lowest BCUT2D eigenvalue weighted by Gasteiger charge is -2.15. The quantitative estimate of drug-likeness (QED) is 0.317. The summed E-state index contributed by atoms with van der Waals surface area (Å²) in [5.74, 6) is 2.64. The fraction of sp³-hybridized carbons (Fsp3) is 0.333. The third-order valence-electron chi connectivity index (χ3n) is 6.68. The van der Waals surface area contributed by atoms with Crippen molar-refractivity contribution >= 4 is 38.2 Å². The van der Waals surface area contributed by atoms with E-state index in [1.807, 2.05) is 24.3 Å². The third kappa shape index (κ3) is 5.36. The molecular weight excluding hydrogens is 518 g/mol. The van der Waals surface area contributed by atoms with Crippen molar-refractivity contribution in [2.75, 3.05) is 30.8 Å². The molecule has 1 aromatic carbocycles. The average molecular weight is 548 g/mol. The Kier molecular flexibility index (Phi) is 7.12. The van der Waals surface area contributed by atoms with Crippen molar-refractivity contribution in [1.29, 1.82) is 0 Å². The number of rotatable bonds is 8. The lowest BCUT2D eigenvalue weighted by Crippen LogP contribution is -2.26. The fourth-order valence-corrected chi connectivity index (χ4v) is 5.55. The van der Waals surface area contributed by atoms with Crippen LogP contribution >= 0.6 is 0 Å². The maximum Gasteiger partial charge on any atom is 0.268 e. The Hall–Kier alpha value is -4.21. The van der Waals surface area contributed by atoms with Gasteiger partial charge in [-0.3, -0.25) is 9.36 Å². The zero-order chi connectivity index (χ0) is 27.7. The van der Waals surface area contributed by atoms with Crippen LogP contribution in [0.2, 0.25) is 0 Å². The number of benzene rings is 1. The van der Waals surface area contributed by atoms with Gasteiger partial charge in [0.05, 0.1) is 17.4 Å². The normalized spacial score (nSPS) is 16.0. The van der Waals surface area contributed by atoms with Gasteiger partial charge in [0.15, 0.2) is 6.39 Å². The lowest BCUT2D eigenvalue weighted by molar-refractivity contribution is 0.414. The molecule has 0 spiro atoms. The third-order valence-corrected chi connectivity index (χ3v) is 8.77. The molecule has 39 heavy (non-hydrogen) atoms. The van der Waals surface area contributed by atoms with E-state index < -0.39 is 20.6 Å². The Morgan fingerprint density at radius 2 is 1.95 bits per heavy atom. The summed E-state index contributed by atoms with van der Waals surface area (Å²) >= 11 is 0. The largest absolute Gasteiger partial charge is 0.432 e. The fourth-order valence-electron chi connectivity index (χ4n) is 4.50. The zero-order valence-electron chi connectivity index (χ0n) is 21.9. The van der Waals surface area contributed by atoms with Gasteiger partial charge in [-0.15, -0.1) is 6.42 Å². The van der Waals surface area contributed by atoms with E-state index in [1.165, 1.54) is 10.6 Å². The summed E-state index contributed by atoms with van der Waals surface area (Å²) in [5, 5.41) is 6.22. The van der Waals surface area contributed by atoms with E-state index in [9.17, 15) is 13.2 Å². The maximum absolute atomic E-state index is 13.2. The van der Waals surface area contributed by atoms with Crippen molar-refractivity contribution in [3.63, 3.8) is 0 Å². The first-order valence-electron chi connectivity index (χ1n) is 12.5. The van der Waals surface area contributed by atoms with Crippen molar-refractivity contribution in [2.24, 2.45) is 0 Å². The molecule has 1 aliphatic heterocycles. The molecule has 1 saturated heterocycles. The number of sulfone groups is 1. The highest BCUT2D eigenvalue weighted by molar-refractivity contribution is 7.91. The molecule has 0 aliphatic carbocycles. The molecule has 0 bridgehead atoms. The molecule has 0 amide bonds. The minimum atomic E-state index is -3.77. The lowest BCUT2D eigenvalue weighted by atomic mass is 10.2. The van der Waals surface area contributed by atoms with Gasteiger partial charge in [0, 0.05) is 35.5 Å². The van der Waals surface area contributed by atoms with E-state index in [0.717, 1.165) is 37.3 Å². The molecule has 11 nitrogen and oxygen atoms in total. The summed E-state index contributed by atoms with van der Waals surface area (Å²) in [6, 6.07) is 9.76. The first-order valence-corrected chi connectivity index (χ1v) is 14.1. The molecule has 0 saturated carbocycles. The van der Waals surface area contributed by atoms with Gasteiger partial charge in [-0.2, -0.15) is 4.98 Å². The molecule has 2 N–H and O–H groups in total. The van der Waals surface area contributed by atoms with Crippen molar-refractivity contribution < 1.29 is 12.8 Å². The van der Waals surface area contributed by atoms with Crippen LogP contribution in [0.15, 0.2) is 57.2 Å². The Morgan fingerprint density at radius 3 is 2.62 bits per heavy atom. The molecule has 1 fully saturated rings. The smallest absolute Gasteiger partial charge is 0.268 e. The number of oxazole rings is 1. The number of anilines is 3. The number of pyridine rings is 1. The molecule has 12 heteroatoms. The van der Waals surface area contributed by atoms with E-state index in [1.54, 1.807) is 20.0 Å². The number of hydrogen-bond donors (Lipinski definition) is 2. The number of nitrogens with zero attached hydrogens (tertiary/aromatic N) is 5. The minimum absolute atomic E-state index is 0.0888. The summed E-state index contributed by atoms with van der Waals surface area (Å²) in [4.78, 5) is 28.6. The van der Waals surface area contributed by atoms with Crippen molar-refractivity contribution in [3.05, 3.63) is 64.5 Å². The van der Waals surface area contributed by atoms with Gasteiger partial charge in [-0.25, -0.2) is 18.4 Å². The number of likely N-dealkylation sites (N-methyl/N-ethyl adjacent to an activating group) is 1. The number of aromatic nitrogens is 4. The molecular formula is C27H29N7O4S. The van der Waals surface area contributed by atoms with Crippen LogP contribution in [0.3, 0.4) is 0 Å². The molecule has 1 atom stereocenters. The summed E-state index contributed by atoms with van der Waals surface area (Å²) < 4.78 is 32.1. The Morgan fingerprint density at radius 1 is 1.21 bits per heavy atom. The highest BCUT2D eigenvalue weighted by Gasteiger charge is 2.28. The van der Waals surface area contributed by atoms with Crippen molar-refractivity contribution in [3.8, 4) is 12.3 Å². The maximum atomic E-state index is 13.2. The van der Waals surface area contributed by atoms with E-state index in [4.69, 9.17) is 10.8 Å². The standard InChI is InChI=1S/C27H29N7O4S/c1-5-18-12-19-13-28-27(31-21-8-6-20(7-9-21)30-22-10-11-33(4)14-22)32-24(19)34(25(18)35)15-23-26(38-16-29-23)39(36,37)17(2)3/h1,6-9,12-13,16-17,22,30H,10-11,14-15H2,2-4H3,(H,28,31,32). The highest BCUT2D eigenvalue weighted by Crippen LogP contribution is 2.23. The van der Waals surface area contributed by atoms with E-state index in [-0.39, 0.29) is 34.5 Å². The van der Waals surface area contributed by atoms with Gasteiger partial charge in [-0.1, -0.05) is 5.92 Å².